The van der Waals surface area contributed by atoms with Gasteiger partial charge in [-0.05, 0) is 44.6 Å². The summed E-state index contributed by atoms with van der Waals surface area (Å²) in [5.41, 5.74) is 6.72. The zero-order valence-corrected chi connectivity index (χ0v) is 12.2. The van der Waals surface area contributed by atoms with Gasteiger partial charge in [0.25, 0.3) is 0 Å². The summed E-state index contributed by atoms with van der Waals surface area (Å²) in [6.07, 6.45) is 3.58. The second-order valence-electron chi connectivity index (χ2n) is 5.45. The number of anilines is 1. The molecule has 0 aliphatic heterocycles. The molecule has 0 aromatic carbocycles. The summed E-state index contributed by atoms with van der Waals surface area (Å²) in [4.78, 5) is 0. The van der Waals surface area contributed by atoms with E-state index in [0.717, 1.165) is 42.9 Å². The summed E-state index contributed by atoms with van der Waals surface area (Å²) in [7, 11) is 1.97. The highest BCUT2D eigenvalue weighted by Gasteiger charge is 2.11. The number of nitrogens with zero attached hydrogens (tertiary/aromatic N) is 2. The molecular formula is C14H28N4. The number of aryl methyl sites for hydroxylation is 2. The molecule has 3 N–H and O–H groups in total. The van der Waals surface area contributed by atoms with Gasteiger partial charge in [-0.2, -0.15) is 5.10 Å². The SMILES string of the molecule is Cc1cc(NCCCC(CCN)C(C)C)n(C)n1. The van der Waals surface area contributed by atoms with Crippen LogP contribution in [0.2, 0.25) is 0 Å². The summed E-state index contributed by atoms with van der Waals surface area (Å²) < 4.78 is 1.90. The first kappa shape index (κ1) is 15.0. The summed E-state index contributed by atoms with van der Waals surface area (Å²) in [6, 6.07) is 2.08. The average Bonchev–Trinajstić information content (AvgIpc) is 2.61. The molecule has 4 heteroatoms. The minimum atomic E-state index is 0.729. The second kappa shape index (κ2) is 7.41. The van der Waals surface area contributed by atoms with E-state index < -0.39 is 0 Å². The predicted octanol–water partition coefficient (Wildman–Crippen LogP) is 2.54. The highest BCUT2D eigenvalue weighted by molar-refractivity contribution is 5.36. The minimum Gasteiger partial charge on any atom is -0.370 e. The maximum atomic E-state index is 5.66. The van der Waals surface area contributed by atoms with E-state index >= 15 is 0 Å². The van der Waals surface area contributed by atoms with Gasteiger partial charge in [0.2, 0.25) is 0 Å². The summed E-state index contributed by atoms with van der Waals surface area (Å²) in [5.74, 6) is 2.59. The summed E-state index contributed by atoms with van der Waals surface area (Å²) in [6.45, 7) is 8.40. The van der Waals surface area contributed by atoms with Gasteiger partial charge in [0.1, 0.15) is 5.82 Å². The molecule has 0 saturated carbocycles. The molecule has 0 aliphatic rings. The molecule has 4 nitrogen and oxygen atoms in total. The number of hydrogen-bond acceptors (Lipinski definition) is 3. The molecular weight excluding hydrogens is 224 g/mol. The monoisotopic (exact) mass is 252 g/mol. The van der Waals surface area contributed by atoms with E-state index in [2.05, 4.69) is 30.3 Å². The predicted molar refractivity (Wildman–Crippen MR) is 77.7 cm³/mol. The van der Waals surface area contributed by atoms with Crippen molar-refractivity contribution in [3.05, 3.63) is 11.8 Å². The Morgan fingerprint density at radius 2 is 2.11 bits per heavy atom. The molecule has 1 aromatic heterocycles. The van der Waals surface area contributed by atoms with E-state index in [-0.39, 0.29) is 0 Å². The van der Waals surface area contributed by atoms with Gasteiger partial charge in [-0.3, -0.25) is 4.68 Å². The average molecular weight is 252 g/mol. The van der Waals surface area contributed by atoms with Crippen molar-refractivity contribution in [3.63, 3.8) is 0 Å². The molecule has 0 saturated heterocycles. The molecule has 1 aromatic rings. The summed E-state index contributed by atoms with van der Waals surface area (Å²) in [5, 5.41) is 7.76. The van der Waals surface area contributed by atoms with Crippen molar-refractivity contribution in [2.75, 3.05) is 18.4 Å². The van der Waals surface area contributed by atoms with E-state index in [9.17, 15) is 0 Å². The second-order valence-corrected chi connectivity index (χ2v) is 5.45. The van der Waals surface area contributed by atoms with Crippen molar-refractivity contribution < 1.29 is 0 Å². The van der Waals surface area contributed by atoms with Gasteiger partial charge >= 0.3 is 0 Å². The van der Waals surface area contributed by atoms with Crippen molar-refractivity contribution >= 4 is 5.82 Å². The molecule has 0 aliphatic carbocycles. The standard InChI is InChI=1S/C14H28N4/c1-11(2)13(7-8-15)6-5-9-16-14-10-12(3)17-18(14)4/h10-11,13,16H,5-9,15H2,1-4H3. The third-order valence-corrected chi connectivity index (χ3v) is 3.54. The Balaban J connectivity index is 2.27. The van der Waals surface area contributed by atoms with E-state index in [1.165, 1.54) is 12.8 Å². The smallest absolute Gasteiger partial charge is 0.124 e. The van der Waals surface area contributed by atoms with Gasteiger partial charge < -0.3 is 11.1 Å². The molecule has 1 heterocycles. The molecule has 1 unspecified atom stereocenters. The maximum absolute atomic E-state index is 5.66. The van der Waals surface area contributed by atoms with E-state index in [0.29, 0.717) is 0 Å². The van der Waals surface area contributed by atoms with Gasteiger partial charge in [0, 0.05) is 19.7 Å². The first-order valence-corrected chi connectivity index (χ1v) is 6.99. The lowest BCUT2D eigenvalue weighted by Gasteiger charge is -2.20. The largest absolute Gasteiger partial charge is 0.370 e. The molecule has 18 heavy (non-hydrogen) atoms. The fourth-order valence-electron chi connectivity index (χ4n) is 2.38. The molecule has 1 atom stereocenters. The Labute approximate surface area is 111 Å². The first-order valence-electron chi connectivity index (χ1n) is 6.99. The van der Waals surface area contributed by atoms with Gasteiger partial charge in [0.15, 0.2) is 0 Å². The maximum Gasteiger partial charge on any atom is 0.124 e. The van der Waals surface area contributed by atoms with Crippen molar-refractivity contribution in [2.24, 2.45) is 24.6 Å². The van der Waals surface area contributed by atoms with Gasteiger partial charge in [-0.25, -0.2) is 0 Å². The summed E-state index contributed by atoms with van der Waals surface area (Å²) >= 11 is 0. The number of aromatic nitrogens is 2. The van der Waals surface area contributed by atoms with Gasteiger partial charge in [-0.1, -0.05) is 13.8 Å². The molecule has 0 fully saturated rings. The number of nitrogens with one attached hydrogen (secondary N) is 1. The molecule has 104 valence electrons. The quantitative estimate of drug-likeness (QED) is 0.699. The van der Waals surface area contributed by atoms with Crippen molar-refractivity contribution in [2.45, 2.75) is 40.0 Å². The lowest BCUT2D eigenvalue weighted by atomic mass is 9.88. The lowest BCUT2D eigenvalue weighted by molar-refractivity contribution is 0.336. The number of hydrogen-bond donors (Lipinski definition) is 2. The number of rotatable bonds is 8. The Morgan fingerprint density at radius 1 is 1.39 bits per heavy atom. The first-order chi connectivity index (χ1) is 8.54. The van der Waals surface area contributed by atoms with Gasteiger partial charge in [0.05, 0.1) is 5.69 Å². The van der Waals surface area contributed by atoms with Crippen LogP contribution in [0.1, 0.15) is 38.8 Å². The van der Waals surface area contributed by atoms with Crippen molar-refractivity contribution in [1.29, 1.82) is 0 Å². The topological polar surface area (TPSA) is 55.9 Å². The van der Waals surface area contributed by atoms with Crippen molar-refractivity contribution in [1.82, 2.24) is 9.78 Å². The van der Waals surface area contributed by atoms with Crippen LogP contribution in [-0.2, 0) is 7.05 Å². The minimum absolute atomic E-state index is 0.729. The van der Waals surface area contributed by atoms with Crippen molar-refractivity contribution in [3.8, 4) is 0 Å². The van der Waals surface area contributed by atoms with Crippen LogP contribution in [0.5, 0.6) is 0 Å². The third-order valence-electron chi connectivity index (χ3n) is 3.54. The number of nitrogens with two attached hydrogens (primary N) is 1. The fourth-order valence-corrected chi connectivity index (χ4v) is 2.38. The zero-order valence-electron chi connectivity index (χ0n) is 12.2. The van der Waals surface area contributed by atoms with E-state index in [1.54, 1.807) is 0 Å². The van der Waals surface area contributed by atoms with Crippen LogP contribution in [0, 0.1) is 18.8 Å². The normalized spacial score (nSPS) is 13.0. The Kier molecular flexibility index (Phi) is 6.19. The van der Waals surface area contributed by atoms with E-state index in [4.69, 9.17) is 5.73 Å². The third kappa shape index (κ3) is 4.69. The van der Waals surface area contributed by atoms with Crippen LogP contribution in [0.15, 0.2) is 6.07 Å². The van der Waals surface area contributed by atoms with Crippen LogP contribution in [-0.4, -0.2) is 22.9 Å². The molecule has 0 bridgehead atoms. The highest BCUT2D eigenvalue weighted by atomic mass is 15.3. The van der Waals surface area contributed by atoms with Crippen LogP contribution in [0.25, 0.3) is 0 Å². The van der Waals surface area contributed by atoms with Crippen LogP contribution >= 0.6 is 0 Å². The van der Waals surface area contributed by atoms with Crippen LogP contribution < -0.4 is 11.1 Å². The zero-order chi connectivity index (χ0) is 13.5. The lowest BCUT2D eigenvalue weighted by Crippen LogP contribution is -2.16. The Morgan fingerprint density at radius 3 is 2.61 bits per heavy atom. The van der Waals surface area contributed by atoms with Crippen LogP contribution in [0.4, 0.5) is 5.82 Å². The molecule has 0 spiro atoms. The molecule has 0 amide bonds. The van der Waals surface area contributed by atoms with Gasteiger partial charge in [-0.15, -0.1) is 0 Å². The Bertz CT molecular complexity index is 344. The highest BCUT2D eigenvalue weighted by Crippen LogP contribution is 2.20. The van der Waals surface area contributed by atoms with E-state index in [1.807, 2.05) is 18.7 Å². The fraction of sp³-hybridized carbons (Fsp3) is 0.786. The Hall–Kier alpha value is -1.03. The molecule has 0 radical (unpaired) electrons. The van der Waals surface area contributed by atoms with Crippen LogP contribution in [0.3, 0.4) is 0 Å². The molecule has 1 rings (SSSR count).